The predicted octanol–water partition coefficient (Wildman–Crippen LogP) is 2.22. The first-order valence-electron chi connectivity index (χ1n) is 8.79. The Hall–Kier alpha value is -2.90. The van der Waals surface area contributed by atoms with Gasteiger partial charge >= 0.3 is 0 Å². The van der Waals surface area contributed by atoms with Crippen molar-refractivity contribution in [1.82, 2.24) is 4.90 Å². The first-order valence-corrected chi connectivity index (χ1v) is 8.79. The topological polar surface area (TPSA) is 79.9 Å². The van der Waals surface area contributed by atoms with E-state index >= 15 is 0 Å². The molecule has 0 aliphatic carbocycles. The molecule has 1 aliphatic heterocycles. The van der Waals surface area contributed by atoms with Crippen molar-refractivity contribution in [3.63, 3.8) is 0 Å². The maximum atomic E-state index is 12.3. The molecule has 0 spiro atoms. The number of methoxy groups -OCH3 is 1. The second-order valence-corrected chi connectivity index (χ2v) is 6.20. The SMILES string of the molecule is COc1cccc(C(=O)Nc2ccc(NC(=O)CN3CCOCC3)cc2)c1. The predicted molar refractivity (Wildman–Crippen MR) is 103 cm³/mol. The Balaban J connectivity index is 1.53. The zero-order valence-electron chi connectivity index (χ0n) is 15.2. The maximum Gasteiger partial charge on any atom is 0.255 e. The van der Waals surface area contributed by atoms with Crippen molar-refractivity contribution in [1.29, 1.82) is 0 Å². The Morgan fingerprint density at radius 1 is 1.04 bits per heavy atom. The van der Waals surface area contributed by atoms with Gasteiger partial charge in [-0.05, 0) is 42.5 Å². The van der Waals surface area contributed by atoms with Crippen LogP contribution in [0.1, 0.15) is 10.4 Å². The van der Waals surface area contributed by atoms with Crippen LogP contribution in [0.5, 0.6) is 5.75 Å². The second kappa shape index (κ2) is 9.16. The fraction of sp³-hybridized carbons (Fsp3) is 0.300. The van der Waals surface area contributed by atoms with E-state index in [0.717, 1.165) is 13.1 Å². The van der Waals surface area contributed by atoms with Crippen LogP contribution in [0.25, 0.3) is 0 Å². The van der Waals surface area contributed by atoms with Crippen LogP contribution in [0.3, 0.4) is 0 Å². The Kier molecular flexibility index (Phi) is 6.40. The highest BCUT2D eigenvalue weighted by Gasteiger charge is 2.14. The van der Waals surface area contributed by atoms with E-state index in [0.29, 0.717) is 42.4 Å². The molecule has 7 nitrogen and oxygen atoms in total. The Labute approximate surface area is 158 Å². The summed E-state index contributed by atoms with van der Waals surface area (Å²) in [6.45, 7) is 3.20. The minimum atomic E-state index is -0.224. The number of amides is 2. The van der Waals surface area contributed by atoms with E-state index in [1.807, 2.05) is 0 Å². The second-order valence-electron chi connectivity index (χ2n) is 6.20. The van der Waals surface area contributed by atoms with E-state index in [1.54, 1.807) is 55.6 Å². The number of anilines is 2. The number of hydrogen-bond donors (Lipinski definition) is 2. The quantitative estimate of drug-likeness (QED) is 0.816. The van der Waals surface area contributed by atoms with Crippen LogP contribution in [0.2, 0.25) is 0 Å². The van der Waals surface area contributed by atoms with Gasteiger partial charge in [0.05, 0.1) is 26.9 Å². The molecule has 1 fully saturated rings. The maximum absolute atomic E-state index is 12.3. The third-order valence-electron chi connectivity index (χ3n) is 4.23. The average Bonchev–Trinajstić information content (AvgIpc) is 2.70. The van der Waals surface area contributed by atoms with Crippen molar-refractivity contribution >= 4 is 23.2 Å². The first-order chi connectivity index (χ1) is 13.1. The number of ether oxygens (including phenoxy) is 2. The van der Waals surface area contributed by atoms with Crippen LogP contribution in [0.15, 0.2) is 48.5 Å². The molecule has 1 heterocycles. The van der Waals surface area contributed by atoms with Crippen molar-refractivity contribution in [3.05, 3.63) is 54.1 Å². The molecule has 0 saturated carbocycles. The van der Waals surface area contributed by atoms with Gasteiger partial charge in [0.25, 0.3) is 5.91 Å². The lowest BCUT2D eigenvalue weighted by atomic mass is 10.2. The summed E-state index contributed by atoms with van der Waals surface area (Å²) in [6.07, 6.45) is 0. The van der Waals surface area contributed by atoms with Gasteiger partial charge in [0.1, 0.15) is 5.75 Å². The Morgan fingerprint density at radius 2 is 1.70 bits per heavy atom. The number of nitrogens with one attached hydrogen (secondary N) is 2. The van der Waals surface area contributed by atoms with Crippen molar-refractivity contribution in [2.24, 2.45) is 0 Å². The fourth-order valence-electron chi connectivity index (χ4n) is 2.77. The average molecular weight is 369 g/mol. The minimum absolute atomic E-state index is 0.0648. The number of nitrogens with zero attached hydrogens (tertiary/aromatic N) is 1. The summed E-state index contributed by atoms with van der Waals surface area (Å²) in [5, 5.41) is 5.69. The van der Waals surface area contributed by atoms with Gasteiger partial charge in [0, 0.05) is 30.0 Å². The van der Waals surface area contributed by atoms with E-state index in [2.05, 4.69) is 15.5 Å². The minimum Gasteiger partial charge on any atom is -0.497 e. The molecule has 2 N–H and O–H groups in total. The molecule has 0 bridgehead atoms. The molecule has 142 valence electrons. The molecule has 2 amide bonds. The highest BCUT2D eigenvalue weighted by atomic mass is 16.5. The van der Waals surface area contributed by atoms with Crippen LogP contribution in [-0.2, 0) is 9.53 Å². The monoisotopic (exact) mass is 369 g/mol. The summed E-state index contributed by atoms with van der Waals surface area (Å²) in [6, 6.07) is 14.0. The molecule has 0 aromatic heterocycles. The molecule has 1 saturated heterocycles. The molecular weight excluding hydrogens is 346 g/mol. The van der Waals surface area contributed by atoms with Gasteiger partial charge < -0.3 is 20.1 Å². The standard InChI is InChI=1S/C20H23N3O4/c1-26-18-4-2-3-15(13-18)20(25)22-17-7-5-16(6-8-17)21-19(24)14-23-9-11-27-12-10-23/h2-8,13H,9-12,14H2,1H3,(H,21,24)(H,22,25). The lowest BCUT2D eigenvalue weighted by molar-refractivity contribution is -0.118. The van der Waals surface area contributed by atoms with Gasteiger partial charge in [-0.1, -0.05) is 6.07 Å². The molecule has 1 aliphatic rings. The lowest BCUT2D eigenvalue weighted by Gasteiger charge is -2.25. The van der Waals surface area contributed by atoms with E-state index in [1.165, 1.54) is 0 Å². The molecule has 2 aromatic carbocycles. The van der Waals surface area contributed by atoms with Crippen LogP contribution in [0.4, 0.5) is 11.4 Å². The summed E-state index contributed by atoms with van der Waals surface area (Å²) in [5.41, 5.74) is 1.85. The van der Waals surface area contributed by atoms with Gasteiger partial charge in [-0.3, -0.25) is 14.5 Å². The number of hydrogen-bond acceptors (Lipinski definition) is 5. The zero-order valence-corrected chi connectivity index (χ0v) is 15.2. The molecule has 0 unspecified atom stereocenters. The van der Waals surface area contributed by atoms with Crippen LogP contribution >= 0.6 is 0 Å². The summed E-state index contributed by atoms with van der Waals surface area (Å²) in [4.78, 5) is 26.5. The van der Waals surface area contributed by atoms with Gasteiger partial charge in [-0.2, -0.15) is 0 Å². The normalized spacial score (nSPS) is 14.4. The van der Waals surface area contributed by atoms with Gasteiger partial charge in [0.15, 0.2) is 0 Å². The highest BCUT2D eigenvalue weighted by molar-refractivity contribution is 6.04. The smallest absolute Gasteiger partial charge is 0.255 e. The van der Waals surface area contributed by atoms with Gasteiger partial charge in [0.2, 0.25) is 5.91 Å². The summed E-state index contributed by atoms with van der Waals surface area (Å²) in [5.74, 6) is 0.337. The molecule has 0 atom stereocenters. The van der Waals surface area contributed by atoms with Crippen molar-refractivity contribution in [3.8, 4) is 5.75 Å². The molecule has 0 radical (unpaired) electrons. The molecule has 2 aromatic rings. The van der Waals surface area contributed by atoms with Crippen LogP contribution in [-0.4, -0.2) is 56.7 Å². The van der Waals surface area contributed by atoms with Gasteiger partial charge in [-0.15, -0.1) is 0 Å². The Morgan fingerprint density at radius 3 is 2.37 bits per heavy atom. The number of carbonyl (C=O) groups is 2. The third-order valence-corrected chi connectivity index (χ3v) is 4.23. The van der Waals surface area contributed by atoms with Crippen molar-refractivity contribution < 1.29 is 19.1 Å². The van der Waals surface area contributed by atoms with E-state index < -0.39 is 0 Å². The highest BCUT2D eigenvalue weighted by Crippen LogP contribution is 2.17. The number of rotatable bonds is 6. The van der Waals surface area contributed by atoms with Crippen molar-refractivity contribution in [2.75, 3.05) is 50.6 Å². The number of morpholine rings is 1. The van der Waals surface area contributed by atoms with Crippen LogP contribution < -0.4 is 15.4 Å². The van der Waals surface area contributed by atoms with E-state index in [9.17, 15) is 9.59 Å². The molecular formula is C20H23N3O4. The summed E-state index contributed by atoms with van der Waals surface area (Å²) in [7, 11) is 1.56. The summed E-state index contributed by atoms with van der Waals surface area (Å²) < 4.78 is 10.4. The first kappa shape index (κ1) is 18.9. The molecule has 7 heteroatoms. The van der Waals surface area contributed by atoms with Gasteiger partial charge in [-0.25, -0.2) is 0 Å². The molecule has 3 rings (SSSR count). The zero-order chi connectivity index (χ0) is 19.1. The lowest BCUT2D eigenvalue weighted by Crippen LogP contribution is -2.41. The molecule has 27 heavy (non-hydrogen) atoms. The summed E-state index contributed by atoms with van der Waals surface area (Å²) >= 11 is 0. The van der Waals surface area contributed by atoms with E-state index in [4.69, 9.17) is 9.47 Å². The van der Waals surface area contributed by atoms with Crippen LogP contribution in [0, 0.1) is 0 Å². The number of carbonyl (C=O) groups excluding carboxylic acids is 2. The number of benzene rings is 2. The van der Waals surface area contributed by atoms with Crippen molar-refractivity contribution in [2.45, 2.75) is 0 Å². The van der Waals surface area contributed by atoms with E-state index in [-0.39, 0.29) is 11.8 Å². The third kappa shape index (κ3) is 5.54. The largest absolute Gasteiger partial charge is 0.497 e. The fourth-order valence-corrected chi connectivity index (χ4v) is 2.77. The Bertz CT molecular complexity index is 786.